The molecular weight excluding hydrogens is 174 g/mol. The molecule has 0 bridgehead atoms. The molecule has 0 aromatic rings. The summed E-state index contributed by atoms with van der Waals surface area (Å²) < 4.78 is 5.57. The number of hydrogen-bond acceptors (Lipinski definition) is 2. The van der Waals surface area contributed by atoms with Crippen LogP contribution in [0, 0.1) is 0 Å². The van der Waals surface area contributed by atoms with E-state index in [1.807, 2.05) is 0 Å². The van der Waals surface area contributed by atoms with E-state index < -0.39 is 0 Å². The van der Waals surface area contributed by atoms with Gasteiger partial charge in [0.05, 0.1) is 6.61 Å². The highest BCUT2D eigenvalue weighted by atomic mass is 16.5. The minimum absolute atomic E-state index is 0.496. The fourth-order valence-electron chi connectivity index (χ4n) is 1.48. The summed E-state index contributed by atoms with van der Waals surface area (Å²) in [5.74, 6) is 0. The van der Waals surface area contributed by atoms with E-state index in [-0.39, 0.29) is 0 Å². The second-order valence-corrected chi connectivity index (χ2v) is 3.95. The molecule has 0 fully saturated rings. The maximum atomic E-state index is 5.57. The minimum Gasteiger partial charge on any atom is -0.380 e. The van der Waals surface area contributed by atoms with E-state index >= 15 is 0 Å². The van der Waals surface area contributed by atoms with Crippen molar-refractivity contribution in [3.8, 4) is 0 Å². The van der Waals surface area contributed by atoms with Gasteiger partial charge >= 0.3 is 0 Å². The summed E-state index contributed by atoms with van der Waals surface area (Å²) in [6.07, 6.45) is 6.59. The van der Waals surface area contributed by atoms with Crippen LogP contribution in [0.3, 0.4) is 0 Å². The molecule has 0 amide bonds. The zero-order chi connectivity index (χ0) is 10.6. The largest absolute Gasteiger partial charge is 0.380 e. The average Bonchev–Trinajstić information content (AvgIpc) is 2.17. The number of hydrogen-bond donors (Lipinski definition) is 1. The maximum absolute atomic E-state index is 5.57. The Morgan fingerprint density at radius 3 is 2.43 bits per heavy atom. The Morgan fingerprint density at radius 2 is 1.79 bits per heavy atom. The van der Waals surface area contributed by atoms with Crippen molar-refractivity contribution < 1.29 is 4.74 Å². The molecule has 0 saturated carbocycles. The van der Waals surface area contributed by atoms with Gasteiger partial charge in [-0.1, -0.05) is 39.5 Å². The highest BCUT2D eigenvalue weighted by molar-refractivity contribution is 4.56. The van der Waals surface area contributed by atoms with Gasteiger partial charge in [0.15, 0.2) is 0 Å². The molecule has 0 heterocycles. The third-order valence-electron chi connectivity index (χ3n) is 2.31. The molecule has 0 spiro atoms. The predicted molar refractivity (Wildman–Crippen MR) is 62.7 cm³/mol. The Bertz CT molecular complexity index is 106. The second kappa shape index (κ2) is 11.0. The molecule has 1 N–H and O–H groups in total. The first-order valence-electron chi connectivity index (χ1n) is 6.12. The third-order valence-corrected chi connectivity index (χ3v) is 2.31. The van der Waals surface area contributed by atoms with Crippen LogP contribution in [0.5, 0.6) is 0 Å². The van der Waals surface area contributed by atoms with E-state index in [1.165, 1.54) is 32.1 Å². The van der Waals surface area contributed by atoms with Crippen molar-refractivity contribution in [1.29, 1.82) is 0 Å². The van der Waals surface area contributed by atoms with Crippen molar-refractivity contribution in [3.05, 3.63) is 0 Å². The quantitative estimate of drug-likeness (QED) is 0.549. The van der Waals surface area contributed by atoms with Crippen molar-refractivity contribution in [2.24, 2.45) is 0 Å². The van der Waals surface area contributed by atoms with Crippen LogP contribution in [0.4, 0.5) is 0 Å². The Labute approximate surface area is 89.4 Å². The molecule has 0 rings (SSSR count). The molecule has 0 aliphatic heterocycles. The molecule has 0 saturated heterocycles. The van der Waals surface area contributed by atoms with Crippen molar-refractivity contribution >= 4 is 0 Å². The maximum Gasteiger partial charge on any atom is 0.0616 e. The van der Waals surface area contributed by atoms with E-state index in [0.717, 1.165) is 19.8 Å². The monoisotopic (exact) mass is 201 g/mol. The van der Waals surface area contributed by atoms with E-state index in [0.29, 0.717) is 6.04 Å². The van der Waals surface area contributed by atoms with Gasteiger partial charge in [-0.2, -0.15) is 0 Å². The molecule has 14 heavy (non-hydrogen) atoms. The van der Waals surface area contributed by atoms with E-state index in [2.05, 4.69) is 26.1 Å². The normalized spacial score (nSPS) is 13.1. The van der Waals surface area contributed by atoms with Crippen LogP contribution in [-0.2, 0) is 4.74 Å². The van der Waals surface area contributed by atoms with E-state index in [4.69, 9.17) is 4.74 Å². The van der Waals surface area contributed by atoms with Crippen molar-refractivity contribution in [2.45, 2.75) is 58.9 Å². The summed E-state index contributed by atoms with van der Waals surface area (Å²) in [6, 6.07) is 0.496. The lowest BCUT2D eigenvalue weighted by atomic mass is 10.2. The van der Waals surface area contributed by atoms with Gasteiger partial charge < -0.3 is 10.1 Å². The Hall–Kier alpha value is -0.0800. The van der Waals surface area contributed by atoms with Crippen LogP contribution in [0.1, 0.15) is 52.9 Å². The lowest BCUT2D eigenvalue weighted by molar-refractivity contribution is 0.112. The van der Waals surface area contributed by atoms with E-state index in [1.54, 1.807) is 0 Å². The first-order valence-corrected chi connectivity index (χ1v) is 6.12. The van der Waals surface area contributed by atoms with Crippen molar-refractivity contribution in [1.82, 2.24) is 5.32 Å². The highest BCUT2D eigenvalue weighted by Gasteiger charge is 1.98. The van der Waals surface area contributed by atoms with Gasteiger partial charge in [-0.3, -0.25) is 0 Å². The van der Waals surface area contributed by atoms with Gasteiger partial charge in [-0.25, -0.2) is 0 Å². The van der Waals surface area contributed by atoms with Crippen LogP contribution >= 0.6 is 0 Å². The molecule has 0 radical (unpaired) electrons. The molecule has 0 aliphatic rings. The zero-order valence-corrected chi connectivity index (χ0v) is 10.1. The van der Waals surface area contributed by atoms with Gasteiger partial charge in [0.1, 0.15) is 0 Å². The fraction of sp³-hybridized carbons (Fsp3) is 1.00. The summed E-state index contributed by atoms with van der Waals surface area (Å²) >= 11 is 0. The number of likely N-dealkylation sites (N-methyl/N-ethyl adjacent to an activating group) is 1. The van der Waals surface area contributed by atoms with Crippen LogP contribution in [0.2, 0.25) is 0 Å². The van der Waals surface area contributed by atoms with Gasteiger partial charge in [0.2, 0.25) is 0 Å². The lowest BCUT2D eigenvalue weighted by Gasteiger charge is -2.12. The first kappa shape index (κ1) is 13.9. The topological polar surface area (TPSA) is 21.3 Å². The molecule has 2 nitrogen and oxygen atoms in total. The summed E-state index contributed by atoms with van der Waals surface area (Å²) in [7, 11) is 0. The summed E-state index contributed by atoms with van der Waals surface area (Å²) in [5.41, 5.74) is 0. The van der Waals surface area contributed by atoms with E-state index in [9.17, 15) is 0 Å². The van der Waals surface area contributed by atoms with Crippen molar-refractivity contribution in [2.75, 3.05) is 19.8 Å². The number of nitrogens with one attached hydrogen (secondary N) is 1. The average molecular weight is 201 g/mol. The van der Waals surface area contributed by atoms with Crippen LogP contribution in [0.25, 0.3) is 0 Å². The fourth-order valence-corrected chi connectivity index (χ4v) is 1.48. The molecular formula is C12H27NO. The Balaban J connectivity index is 2.98. The summed E-state index contributed by atoms with van der Waals surface area (Å²) in [5, 5.41) is 3.33. The molecule has 0 aliphatic carbocycles. The third kappa shape index (κ3) is 10.0. The van der Waals surface area contributed by atoms with Gasteiger partial charge in [0, 0.05) is 12.6 Å². The highest BCUT2D eigenvalue weighted by Crippen LogP contribution is 2.02. The molecule has 1 atom stereocenters. The van der Waals surface area contributed by atoms with Gasteiger partial charge in [-0.15, -0.1) is 0 Å². The zero-order valence-electron chi connectivity index (χ0n) is 10.1. The smallest absolute Gasteiger partial charge is 0.0616 e. The number of rotatable bonds is 10. The Kier molecular flexibility index (Phi) is 10.9. The molecule has 86 valence electrons. The second-order valence-electron chi connectivity index (χ2n) is 3.95. The summed E-state index contributed by atoms with van der Waals surface area (Å²) in [4.78, 5) is 0. The van der Waals surface area contributed by atoms with Crippen LogP contribution in [-0.4, -0.2) is 25.8 Å². The summed E-state index contributed by atoms with van der Waals surface area (Å²) in [6.45, 7) is 9.35. The molecule has 1 unspecified atom stereocenters. The van der Waals surface area contributed by atoms with Crippen LogP contribution in [0.15, 0.2) is 0 Å². The molecule has 0 aromatic heterocycles. The number of unbranched alkanes of at least 4 members (excludes halogenated alkanes) is 4. The van der Waals surface area contributed by atoms with Gasteiger partial charge in [-0.05, 0) is 19.9 Å². The minimum atomic E-state index is 0.496. The van der Waals surface area contributed by atoms with Crippen molar-refractivity contribution in [3.63, 3.8) is 0 Å². The standard InChI is InChI=1S/C12H27NO/c1-4-6-7-8-9-10-14-11-12(3)13-5-2/h12-13H,4-11H2,1-3H3. The first-order chi connectivity index (χ1) is 6.81. The van der Waals surface area contributed by atoms with Gasteiger partial charge in [0.25, 0.3) is 0 Å². The SMILES string of the molecule is CCCCCCCOCC(C)NCC. The Morgan fingerprint density at radius 1 is 1.07 bits per heavy atom. The van der Waals surface area contributed by atoms with Crippen LogP contribution < -0.4 is 5.32 Å². The predicted octanol–water partition coefficient (Wildman–Crippen LogP) is 2.97. The molecule has 0 aromatic carbocycles. The molecule has 2 heteroatoms. The lowest BCUT2D eigenvalue weighted by Crippen LogP contribution is -2.30. The number of ether oxygens (including phenoxy) is 1.